The van der Waals surface area contributed by atoms with Crippen molar-refractivity contribution >= 4 is 11.6 Å². The zero-order valence-corrected chi connectivity index (χ0v) is 15.0. The Morgan fingerprint density at radius 2 is 1.75 bits per heavy atom. The van der Waals surface area contributed by atoms with Crippen molar-refractivity contribution in [3.63, 3.8) is 0 Å². The number of Topliss-reactive ketones (excluding diaryl/α,β-unsaturated/α-hetero) is 2. The molecule has 0 unspecified atom stereocenters. The Balaban J connectivity index is 1.93. The molecule has 3 nitrogen and oxygen atoms in total. The van der Waals surface area contributed by atoms with Crippen LogP contribution in [-0.2, 0) is 16.0 Å². The summed E-state index contributed by atoms with van der Waals surface area (Å²) in [5, 5.41) is 0. The van der Waals surface area contributed by atoms with E-state index in [4.69, 9.17) is 0 Å². The summed E-state index contributed by atoms with van der Waals surface area (Å²) in [6, 6.07) is 8.50. The fraction of sp³-hybridized carbons (Fsp3) is 0.524. The van der Waals surface area contributed by atoms with E-state index >= 15 is 0 Å². The standard InChI is InChI=1S/C21H25NO2/c1-20(2)11-15-17(16(23)12-20)19(24)21(3,4)18-14-8-6-5-7-13(14)9-10-22(15)18/h5-8,18H,9-12H2,1-4H3/t18-/m1/s1. The van der Waals surface area contributed by atoms with Crippen molar-refractivity contribution in [3.05, 3.63) is 46.7 Å². The van der Waals surface area contributed by atoms with Crippen LogP contribution in [0.25, 0.3) is 0 Å². The van der Waals surface area contributed by atoms with Crippen LogP contribution in [0.5, 0.6) is 0 Å². The molecule has 3 heteroatoms. The lowest BCUT2D eigenvalue weighted by Crippen LogP contribution is -2.53. The van der Waals surface area contributed by atoms with Crippen LogP contribution < -0.4 is 0 Å². The van der Waals surface area contributed by atoms with E-state index in [2.05, 4.69) is 43.0 Å². The molecule has 4 rings (SSSR count). The highest BCUT2D eigenvalue weighted by atomic mass is 16.2. The predicted octanol–water partition coefficient (Wildman–Crippen LogP) is 3.84. The maximum Gasteiger partial charge on any atom is 0.176 e. The van der Waals surface area contributed by atoms with Crippen LogP contribution in [0.3, 0.4) is 0 Å². The van der Waals surface area contributed by atoms with Gasteiger partial charge < -0.3 is 4.90 Å². The van der Waals surface area contributed by atoms with Crippen molar-refractivity contribution in [2.45, 2.75) is 53.0 Å². The lowest BCUT2D eigenvalue weighted by molar-refractivity contribution is -0.133. The van der Waals surface area contributed by atoms with Crippen molar-refractivity contribution in [1.29, 1.82) is 0 Å². The van der Waals surface area contributed by atoms with Crippen molar-refractivity contribution in [3.8, 4) is 0 Å². The maximum atomic E-state index is 13.3. The van der Waals surface area contributed by atoms with Gasteiger partial charge in [0.1, 0.15) is 0 Å². The first-order valence-corrected chi connectivity index (χ1v) is 8.88. The van der Waals surface area contributed by atoms with Gasteiger partial charge in [0.15, 0.2) is 11.6 Å². The molecular formula is C21H25NO2. The number of carbonyl (C=O) groups is 2. The molecule has 0 radical (unpaired) electrons. The third-order valence-electron chi connectivity index (χ3n) is 5.98. The molecule has 0 aromatic heterocycles. The third kappa shape index (κ3) is 2.03. The van der Waals surface area contributed by atoms with E-state index in [-0.39, 0.29) is 23.0 Å². The van der Waals surface area contributed by atoms with Crippen molar-refractivity contribution in [1.82, 2.24) is 4.90 Å². The average molecular weight is 323 g/mol. The highest BCUT2D eigenvalue weighted by molar-refractivity contribution is 6.23. The quantitative estimate of drug-likeness (QED) is 0.681. The fourth-order valence-electron chi connectivity index (χ4n) is 4.87. The molecule has 0 spiro atoms. The topological polar surface area (TPSA) is 37.4 Å². The molecule has 0 saturated heterocycles. The van der Waals surface area contributed by atoms with Gasteiger partial charge in [-0.3, -0.25) is 9.59 Å². The minimum Gasteiger partial charge on any atom is -0.366 e. The van der Waals surface area contributed by atoms with E-state index < -0.39 is 5.41 Å². The molecule has 0 saturated carbocycles. The Morgan fingerprint density at radius 1 is 1.04 bits per heavy atom. The fourth-order valence-corrected chi connectivity index (χ4v) is 4.87. The number of rotatable bonds is 0. The second kappa shape index (κ2) is 4.81. The van der Waals surface area contributed by atoms with Crippen LogP contribution in [0.1, 0.15) is 57.7 Å². The number of fused-ring (bicyclic) bond motifs is 4. The minimum absolute atomic E-state index is 0.0374. The summed E-state index contributed by atoms with van der Waals surface area (Å²) in [7, 11) is 0. The van der Waals surface area contributed by atoms with Crippen LogP contribution in [0.4, 0.5) is 0 Å². The molecule has 1 aliphatic carbocycles. The van der Waals surface area contributed by atoms with E-state index in [0.717, 1.165) is 25.1 Å². The molecule has 1 aromatic carbocycles. The summed E-state index contributed by atoms with van der Waals surface area (Å²) >= 11 is 0. The van der Waals surface area contributed by atoms with Gasteiger partial charge in [-0.1, -0.05) is 52.0 Å². The van der Waals surface area contributed by atoms with Gasteiger partial charge in [0.2, 0.25) is 0 Å². The molecular weight excluding hydrogens is 298 g/mol. The van der Waals surface area contributed by atoms with Crippen LogP contribution in [-0.4, -0.2) is 23.0 Å². The van der Waals surface area contributed by atoms with Crippen molar-refractivity contribution in [2.24, 2.45) is 10.8 Å². The van der Waals surface area contributed by atoms with Gasteiger partial charge in [-0.15, -0.1) is 0 Å². The average Bonchev–Trinajstić information content (AvgIpc) is 2.50. The van der Waals surface area contributed by atoms with Crippen molar-refractivity contribution in [2.75, 3.05) is 6.54 Å². The highest BCUT2D eigenvalue weighted by Crippen LogP contribution is 2.53. The highest BCUT2D eigenvalue weighted by Gasteiger charge is 2.53. The molecule has 2 aliphatic heterocycles. The largest absolute Gasteiger partial charge is 0.366 e. The zero-order chi connectivity index (χ0) is 17.3. The number of benzene rings is 1. The normalized spacial score (nSPS) is 27.5. The zero-order valence-electron chi connectivity index (χ0n) is 15.0. The Morgan fingerprint density at radius 3 is 2.50 bits per heavy atom. The number of carbonyl (C=O) groups excluding carboxylic acids is 2. The molecule has 1 aromatic rings. The van der Waals surface area contributed by atoms with E-state index in [1.807, 2.05) is 13.8 Å². The number of ketones is 2. The summed E-state index contributed by atoms with van der Waals surface area (Å²) in [6.07, 6.45) is 2.26. The van der Waals surface area contributed by atoms with Crippen LogP contribution in [0.2, 0.25) is 0 Å². The van der Waals surface area contributed by atoms with Gasteiger partial charge in [0, 0.05) is 18.7 Å². The maximum absolute atomic E-state index is 13.3. The van der Waals surface area contributed by atoms with Gasteiger partial charge in [0.25, 0.3) is 0 Å². The van der Waals surface area contributed by atoms with Gasteiger partial charge in [-0.05, 0) is 29.4 Å². The first kappa shape index (κ1) is 15.6. The van der Waals surface area contributed by atoms with Gasteiger partial charge >= 0.3 is 0 Å². The summed E-state index contributed by atoms with van der Waals surface area (Å²) in [5.74, 6) is 0.0765. The number of hydrogen-bond donors (Lipinski definition) is 0. The summed E-state index contributed by atoms with van der Waals surface area (Å²) in [6.45, 7) is 9.16. The second-order valence-electron chi connectivity index (χ2n) is 8.86. The first-order chi connectivity index (χ1) is 11.2. The number of nitrogens with zero attached hydrogens (tertiary/aromatic N) is 1. The van der Waals surface area contributed by atoms with Gasteiger partial charge in [-0.25, -0.2) is 0 Å². The molecule has 3 aliphatic rings. The smallest absolute Gasteiger partial charge is 0.176 e. The summed E-state index contributed by atoms with van der Waals surface area (Å²) in [5.41, 5.74) is 3.44. The Hall–Kier alpha value is -1.90. The van der Waals surface area contributed by atoms with Gasteiger partial charge in [0.05, 0.1) is 17.0 Å². The SMILES string of the molecule is CC1(C)CC(=O)C2=C(C1)N1CCc3ccccc3[C@@H]1C(C)(C)C2=O. The molecule has 0 fully saturated rings. The third-order valence-corrected chi connectivity index (χ3v) is 5.98. The molecule has 0 N–H and O–H groups in total. The van der Waals surface area contributed by atoms with Crippen LogP contribution in [0, 0.1) is 10.8 Å². The molecule has 1 atom stereocenters. The Labute approximate surface area is 143 Å². The lowest BCUT2D eigenvalue weighted by atomic mass is 9.63. The van der Waals surface area contributed by atoms with E-state index in [9.17, 15) is 9.59 Å². The van der Waals surface area contributed by atoms with E-state index in [1.54, 1.807) is 0 Å². The Bertz CT molecular complexity index is 785. The lowest BCUT2D eigenvalue weighted by Gasteiger charge is -2.53. The molecule has 24 heavy (non-hydrogen) atoms. The molecule has 126 valence electrons. The molecule has 0 amide bonds. The van der Waals surface area contributed by atoms with E-state index in [0.29, 0.717) is 12.0 Å². The second-order valence-corrected chi connectivity index (χ2v) is 8.86. The van der Waals surface area contributed by atoms with Gasteiger partial charge in [-0.2, -0.15) is 0 Å². The Kier molecular flexibility index (Phi) is 3.13. The minimum atomic E-state index is -0.577. The summed E-state index contributed by atoms with van der Waals surface area (Å²) in [4.78, 5) is 28.4. The number of allylic oxidation sites excluding steroid dienone is 2. The predicted molar refractivity (Wildman–Crippen MR) is 93.4 cm³/mol. The monoisotopic (exact) mass is 323 g/mol. The molecule has 0 bridgehead atoms. The first-order valence-electron chi connectivity index (χ1n) is 8.88. The van der Waals surface area contributed by atoms with Crippen LogP contribution >= 0.6 is 0 Å². The number of hydrogen-bond acceptors (Lipinski definition) is 3. The molecule has 2 heterocycles. The van der Waals surface area contributed by atoms with E-state index in [1.165, 1.54) is 11.1 Å². The van der Waals surface area contributed by atoms with Crippen molar-refractivity contribution < 1.29 is 9.59 Å². The summed E-state index contributed by atoms with van der Waals surface area (Å²) < 4.78 is 0. The van der Waals surface area contributed by atoms with Crippen LogP contribution in [0.15, 0.2) is 35.5 Å².